The molecule has 0 heterocycles. The largest absolute Gasteiger partial charge is 1.00 e. The van der Waals surface area contributed by atoms with Gasteiger partial charge in [-0.05, 0) is 25.2 Å². The molecule has 0 saturated heterocycles. The maximum Gasteiger partial charge on any atom is 0.368 e. The average Bonchev–Trinajstić information content (AvgIpc) is 2.55. The van der Waals surface area contributed by atoms with Gasteiger partial charge in [-0.15, -0.1) is 0 Å². The molecule has 2 aliphatic rings. The van der Waals surface area contributed by atoms with Gasteiger partial charge in [-0.25, -0.2) is 4.79 Å². The van der Waals surface area contributed by atoms with Crippen LogP contribution in [0.3, 0.4) is 0 Å². The van der Waals surface area contributed by atoms with Crippen LogP contribution < -0.4 is 18.1 Å². The predicted molar refractivity (Wildman–Crippen MR) is 40.1 cm³/mol. The molecule has 0 spiro atoms. The van der Waals surface area contributed by atoms with Crippen molar-refractivity contribution < 1.29 is 33.1 Å². The standard InChI is InChI=1S/C8H13NO3.ClH/c9-8(7(11)12)5-2-1-4(3-5)6(8)10;/h4-6,10H,1-3,9H2,(H,11,12);1H/t4-,5+,6+,8-;/m1./s1. The molecule has 2 bridgehead atoms. The van der Waals surface area contributed by atoms with Crippen molar-refractivity contribution in [3.05, 3.63) is 0 Å². The van der Waals surface area contributed by atoms with Crippen molar-refractivity contribution >= 4 is 5.97 Å². The number of carboxylic acid groups (broad SMARTS) is 1. The number of aliphatic hydroxyl groups is 1. The molecule has 0 amide bonds. The van der Waals surface area contributed by atoms with Crippen molar-refractivity contribution in [2.24, 2.45) is 11.8 Å². The second kappa shape index (κ2) is 3.12. The Morgan fingerprint density at radius 2 is 2.08 bits per heavy atom. The van der Waals surface area contributed by atoms with Crippen LogP contribution in [0.15, 0.2) is 0 Å². The summed E-state index contributed by atoms with van der Waals surface area (Å²) < 4.78 is 0. The topological polar surface area (TPSA) is 85.2 Å². The Morgan fingerprint density at radius 3 is 2.38 bits per heavy atom. The third kappa shape index (κ3) is 1.16. The lowest BCUT2D eigenvalue weighted by atomic mass is 9.80. The molecular weight excluding hydrogens is 194 g/mol. The minimum absolute atomic E-state index is 0. The lowest BCUT2D eigenvalue weighted by Crippen LogP contribution is -3.00. The molecule has 0 aromatic heterocycles. The lowest BCUT2D eigenvalue weighted by Gasteiger charge is -2.30. The third-order valence-corrected chi connectivity index (χ3v) is 3.57. The summed E-state index contributed by atoms with van der Waals surface area (Å²) in [6.45, 7) is 0. The number of quaternary nitrogens is 1. The molecule has 0 aromatic carbocycles. The summed E-state index contributed by atoms with van der Waals surface area (Å²) in [6, 6.07) is 0. The molecule has 0 radical (unpaired) electrons. The van der Waals surface area contributed by atoms with Gasteiger partial charge in [-0.2, -0.15) is 0 Å². The molecule has 2 rings (SSSR count). The van der Waals surface area contributed by atoms with Gasteiger partial charge in [-0.3, -0.25) is 0 Å². The molecule has 13 heavy (non-hydrogen) atoms. The fraction of sp³-hybridized carbons (Fsp3) is 0.875. The van der Waals surface area contributed by atoms with E-state index in [1.54, 1.807) is 0 Å². The summed E-state index contributed by atoms with van der Waals surface area (Å²) in [5, 5.41) is 18.6. The minimum atomic E-state index is -1.11. The van der Waals surface area contributed by atoms with E-state index in [-0.39, 0.29) is 24.2 Å². The molecule has 0 aromatic rings. The minimum Gasteiger partial charge on any atom is -1.00 e. The van der Waals surface area contributed by atoms with E-state index in [2.05, 4.69) is 5.73 Å². The number of carbonyl (C=O) groups is 1. The Hall–Kier alpha value is -0.320. The molecule has 2 saturated carbocycles. The van der Waals surface area contributed by atoms with Crippen LogP contribution in [0.4, 0.5) is 0 Å². The quantitative estimate of drug-likeness (QED) is 0.408. The van der Waals surface area contributed by atoms with E-state index in [9.17, 15) is 9.90 Å². The van der Waals surface area contributed by atoms with Crippen LogP contribution in [0.1, 0.15) is 19.3 Å². The van der Waals surface area contributed by atoms with Gasteiger partial charge < -0.3 is 28.4 Å². The highest BCUT2D eigenvalue weighted by Gasteiger charge is 2.63. The lowest BCUT2D eigenvalue weighted by molar-refractivity contribution is -0.490. The SMILES string of the molecule is [Cl-].[NH3+][C@]1(C(=O)O)[C@H]2CC[C@H](C2)[C@@H]1O. The molecular formula is C8H14ClNO3. The van der Waals surface area contributed by atoms with E-state index < -0.39 is 17.6 Å². The van der Waals surface area contributed by atoms with E-state index in [0.717, 1.165) is 19.3 Å². The summed E-state index contributed by atoms with van der Waals surface area (Å²) in [5.41, 5.74) is 2.57. The van der Waals surface area contributed by atoms with Crippen molar-refractivity contribution in [2.45, 2.75) is 30.9 Å². The molecule has 0 aliphatic heterocycles. The van der Waals surface area contributed by atoms with E-state index in [0.29, 0.717) is 0 Å². The molecule has 4 nitrogen and oxygen atoms in total. The van der Waals surface area contributed by atoms with Gasteiger partial charge in [0.05, 0.1) is 0 Å². The zero-order valence-corrected chi connectivity index (χ0v) is 8.00. The maximum absolute atomic E-state index is 10.9. The number of hydrogen-bond acceptors (Lipinski definition) is 2. The van der Waals surface area contributed by atoms with Gasteiger partial charge in [0.15, 0.2) is 0 Å². The number of rotatable bonds is 1. The molecule has 76 valence electrons. The second-order valence-corrected chi connectivity index (χ2v) is 4.06. The first-order valence-electron chi connectivity index (χ1n) is 4.33. The Bertz CT molecular complexity index is 231. The second-order valence-electron chi connectivity index (χ2n) is 4.06. The Morgan fingerprint density at radius 1 is 1.46 bits per heavy atom. The van der Waals surface area contributed by atoms with Crippen molar-refractivity contribution in [3.8, 4) is 0 Å². The number of hydrogen-bond donors (Lipinski definition) is 3. The maximum atomic E-state index is 10.9. The summed E-state index contributed by atoms with van der Waals surface area (Å²) in [5.74, 6) is -0.666. The highest BCUT2D eigenvalue weighted by Crippen LogP contribution is 2.48. The van der Waals surface area contributed by atoms with Crippen molar-refractivity contribution in [1.82, 2.24) is 0 Å². The summed E-state index contributed by atoms with van der Waals surface area (Å²) in [6.07, 6.45) is 2.00. The summed E-state index contributed by atoms with van der Waals surface area (Å²) in [4.78, 5) is 10.9. The average molecular weight is 208 g/mol. The zero-order valence-electron chi connectivity index (χ0n) is 7.24. The number of aliphatic hydroxyl groups excluding tert-OH is 1. The van der Waals surface area contributed by atoms with Crippen LogP contribution in [0, 0.1) is 11.8 Å². The van der Waals surface area contributed by atoms with Gasteiger partial charge in [0.1, 0.15) is 6.10 Å². The third-order valence-electron chi connectivity index (χ3n) is 3.57. The van der Waals surface area contributed by atoms with Crippen LogP contribution in [-0.2, 0) is 4.79 Å². The first-order valence-corrected chi connectivity index (χ1v) is 4.33. The Labute approximate surface area is 82.5 Å². The number of fused-ring (bicyclic) bond motifs is 2. The number of carboxylic acids is 1. The van der Waals surface area contributed by atoms with Crippen LogP contribution in [0.2, 0.25) is 0 Å². The smallest absolute Gasteiger partial charge is 0.368 e. The molecule has 2 fully saturated rings. The normalized spacial score (nSPS) is 47.4. The van der Waals surface area contributed by atoms with E-state index in [4.69, 9.17) is 5.11 Å². The summed E-state index contributed by atoms with van der Waals surface area (Å²) in [7, 11) is 0. The van der Waals surface area contributed by atoms with Gasteiger partial charge in [-0.1, -0.05) is 0 Å². The van der Waals surface area contributed by atoms with Crippen molar-refractivity contribution in [3.63, 3.8) is 0 Å². The highest BCUT2D eigenvalue weighted by atomic mass is 35.5. The molecule has 5 heteroatoms. The predicted octanol–water partition coefficient (Wildman–Crippen LogP) is -4.15. The van der Waals surface area contributed by atoms with Gasteiger partial charge in [0.25, 0.3) is 0 Å². The Kier molecular flexibility index (Phi) is 2.58. The van der Waals surface area contributed by atoms with Crippen LogP contribution in [0.5, 0.6) is 0 Å². The van der Waals surface area contributed by atoms with Gasteiger partial charge in [0, 0.05) is 5.92 Å². The van der Waals surface area contributed by atoms with E-state index >= 15 is 0 Å². The monoisotopic (exact) mass is 207 g/mol. The van der Waals surface area contributed by atoms with Gasteiger partial charge >= 0.3 is 5.97 Å². The number of halogens is 1. The first-order chi connectivity index (χ1) is 5.56. The Balaban J connectivity index is 0.000000845. The summed E-state index contributed by atoms with van der Waals surface area (Å²) >= 11 is 0. The van der Waals surface area contributed by atoms with Crippen LogP contribution in [-0.4, -0.2) is 27.8 Å². The van der Waals surface area contributed by atoms with Crippen LogP contribution >= 0.6 is 0 Å². The molecule has 0 unspecified atom stereocenters. The van der Waals surface area contributed by atoms with Crippen molar-refractivity contribution in [2.75, 3.05) is 0 Å². The molecule has 4 atom stereocenters. The molecule has 5 N–H and O–H groups in total. The van der Waals surface area contributed by atoms with E-state index in [1.165, 1.54) is 0 Å². The zero-order chi connectivity index (χ0) is 8.93. The first kappa shape index (κ1) is 10.8. The van der Waals surface area contributed by atoms with Crippen molar-refractivity contribution in [1.29, 1.82) is 0 Å². The van der Waals surface area contributed by atoms with E-state index in [1.807, 2.05) is 0 Å². The molecule has 2 aliphatic carbocycles. The van der Waals surface area contributed by atoms with Gasteiger partial charge in [0.2, 0.25) is 5.54 Å². The fourth-order valence-corrected chi connectivity index (χ4v) is 2.73. The number of aliphatic carboxylic acids is 1. The van der Waals surface area contributed by atoms with Crippen LogP contribution in [0.25, 0.3) is 0 Å². The fourth-order valence-electron chi connectivity index (χ4n) is 2.73. The highest BCUT2D eigenvalue weighted by molar-refractivity contribution is 5.79.